The monoisotopic (exact) mass is 324 g/mol. The minimum atomic E-state index is 0.269. The highest BCUT2D eigenvalue weighted by molar-refractivity contribution is 6.11. The van der Waals surface area contributed by atoms with Crippen molar-refractivity contribution in [1.82, 2.24) is 0 Å². The average molecular weight is 324 g/mol. The first-order valence-corrected chi connectivity index (χ1v) is 8.51. The molecule has 4 heteroatoms. The summed E-state index contributed by atoms with van der Waals surface area (Å²) in [6, 6.07) is 13.1. The number of anilines is 2. The van der Waals surface area contributed by atoms with Gasteiger partial charge in [0.25, 0.3) is 0 Å². The van der Waals surface area contributed by atoms with E-state index < -0.39 is 0 Å². The van der Waals surface area contributed by atoms with E-state index in [2.05, 4.69) is 84.7 Å². The predicted molar refractivity (Wildman–Crippen MR) is 108 cm³/mol. The van der Waals surface area contributed by atoms with Gasteiger partial charge in [0.15, 0.2) is 0 Å². The smallest absolute Gasteiger partial charge is 0.0978 e. The molecule has 0 aliphatic heterocycles. The third kappa shape index (κ3) is 4.82. The summed E-state index contributed by atoms with van der Waals surface area (Å²) >= 11 is 0. The molecule has 0 aliphatic rings. The van der Waals surface area contributed by atoms with Crippen LogP contribution in [0.5, 0.6) is 0 Å². The Hall–Kier alpha value is -2.36. The summed E-state index contributed by atoms with van der Waals surface area (Å²) in [6.45, 7) is 12.3. The first-order chi connectivity index (χ1) is 11.4. The zero-order valence-electron chi connectivity index (χ0n) is 15.5. The maximum atomic E-state index is 4.57. The van der Waals surface area contributed by atoms with Crippen molar-refractivity contribution in [3.63, 3.8) is 0 Å². The van der Waals surface area contributed by atoms with Gasteiger partial charge in [-0.05, 0) is 59.1 Å². The first-order valence-electron chi connectivity index (χ1n) is 8.51. The Morgan fingerprint density at radius 1 is 0.750 bits per heavy atom. The summed E-state index contributed by atoms with van der Waals surface area (Å²) in [7, 11) is 0. The number of hydrogen-bond acceptors (Lipinski definition) is 2. The van der Waals surface area contributed by atoms with E-state index >= 15 is 0 Å². The largest absolute Gasteiger partial charge is 0.344 e. The SMILES string of the molecule is CC(=NC(C)C)Nc1cccc2cccc(NC(C)=NC(C)C)c12. The number of benzene rings is 2. The van der Waals surface area contributed by atoms with Crippen LogP contribution in [-0.2, 0) is 0 Å². The molecule has 0 saturated carbocycles. The summed E-state index contributed by atoms with van der Waals surface area (Å²) < 4.78 is 0. The van der Waals surface area contributed by atoms with Gasteiger partial charge in [0, 0.05) is 28.8 Å². The number of rotatable bonds is 4. The van der Waals surface area contributed by atoms with Crippen molar-refractivity contribution >= 4 is 33.8 Å². The minimum Gasteiger partial charge on any atom is -0.344 e. The van der Waals surface area contributed by atoms with Crippen molar-refractivity contribution in [3.8, 4) is 0 Å². The Kier molecular flexibility index (Phi) is 5.96. The van der Waals surface area contributed by atoms with E-state index in [9.17, 15) is 0 Å². The Morgan fingerprint density at radius 3 is 1.54 bits per heavy atom. The van der Waals surface area contributed by atoms with E-state index in [0.29, 0.717) is 0 Å². The lowest BCUT2D eigenvalue weighted by Gasteiger charge is -2.15. The van der Waals surface area contributed by atoms with Crippen molar-refractivity contribution in [3.05, 3.63) is 36.4 Å². The van der Waals surface area contributed by atoms with Crippen LogP contribution in [0.4, 0.5) is 11.4 Å². The average Bonchev–Trinajstić information content (AvgIpc) is 2.45. The molecule has 0 aliphatic carbocycles. The summed E-state index contributed by atoms with van der Waals surface area (Å²) in [5.41, 5.74) is 2.10. The quantitative estimate of drug-likeness (QED) is 0.591. The van der Waals surface area contributed by atoms with E-state index in [1.807, 2.05) is 13.8 Å². The van der Waals surface area contributed by atoms with Crippen LogP contribution >= 0.6 is 0 Å². The highest BCUT2D eigenvalue weighted by Gasteiger charge is 2.08. The fourth-order valence-electron chi connectivity index (χ4n) is 2.78. The predicted octanol–water partition coefficient (Wildman–Crippen LogP) is 5.32. The number of hydrogen-bond donors (Lipinski definition) is 2. The van der Waals surface area contributed by atoms with E-state index in [1.54, 1.807) is 0 Å². The van der Waals surface area contributed by atoms with Crippen LogP contribution in [0.3, 0.4) is 0 Å². The lowest BCUT2D eigenvalue weighted by Crippen LogP contribution is -2.13. The molecule has 0 saturated heterocycles. The molecule has 0 fully saturated rings. The van der Waals surface area contributed by atoms with Crippen LogP contribution in [0.2, 0.25) is 0 Å². The first kappa shape index (κ1) is 18.0. The van der Waals surface area contributed by atoms with Crippen molar-refractivity contribution in [1.29, 1.82) is 0 Å². The van der Waals surface area contributed by atoms with Crippen LogP contribution in [0.25, 0.3) is 10.8 Å². The lowest BCUT2D eigenvalue weighted by atomic mass is 10.1. The molecule has 0 bridgehead atoms. The Balaban J connectivity index is 2.46. The zero-order valence-corrected chi connectivity index (χ0v) is 15.5. The molecule has 0 aromatic heterocycles. The molecule has 24 heavy (non-hydrogen) atoms. The Labute approximate surface area is 145 Å². The van der Waals surface area contributed by atoms with Crippen LogP contribution in [-0.4, -0.2) is 23.8 Å². The normalized spacial score (nSPS) is 13.0. The number of aliphatic imine (C=N–C) groups is 2. The Bertz CT molecular complexity index is 697. The molecule has 2 aromatic rings. The molecule has 2 rings (SSSR count). The van der Waals surface area contributed by atoms with Gasteiger partial charge in [0.2, 0.25) is 0 Å². The lowest BCUT2D eigenvalue weighted by molar-refractivity contribution is 0.834. The summed E-state index contributed by atoms with van der Waals surface area (Å²) in [5, 5.41) is 9.21. The summed E-state index contributed by atoms with van der Waals surface area (Å²) in [4.78, 5) is 9.14. The number of nitrogens with one attached hydrogen (secondary N) is 2. The van der Waals surface area contributed by atoms with E-state index in [1.165, 1.54) is 5.39 Å². The maximum absolute atomic E-state index is 4.57. The van der Waals surface area contributed by atoms with Crippen LogP contribution in [0, 0.1) is 0 Å². The molecule has 128 valence electrons. The number of amidine groups is 2. The van der Waals surface area contributed by atoms with Crippen LogP contribution < -0.4 is 10.6 Å². The summed E-state index contributed by atoms with van der Waals surface area (Å²) in [6.07, 6.45) is 0. The molecule has 0 amide bonds. The molecule has 0 unspecified atom stereocenters. The van der Waals surface area contributed by atoms with E-state index in [-0.39, 0.29) is 12.1 Å². The van der Waals surface area contributed by atoms with Crippen molar-refractivity contribution < 1.29 is 0 Å². The second-order valence-electron chi connectivity index (χ2n) is 6.58. The molecule has 2 N–H and O–H groups in total. The van der Waals surface area contributed by atoms with Crippen LogP contribution in [0.15, 0.2) is 46.4 Å². The summed E-state index contributed by atoms with van der Waals surface area (Å²) in [5.74, 6) is 1.83. The van der Waals surface area contributed by atoms with E-state index in [0.717, 1.165) is 28.4 Å². The maximum Gasteiger partial charge on any atom is 0.0978 e. The standard InChI is InChI=1S/C20H28N4/c1-13(2)21-15(5)23-18-11-7-9-17-10-8-12-19(20(17)18)24-16(6)22-14(3)4/h7-14H,1-6H3,(H,21,23)(H,22,24). The fraction of sp³-hybridized carbons (Fsp3) is 0.400. The minimum absolute atomic E-state index is 0.269. The topological polar surface area (TPSA) is 48.8 Å². The third-order valence-corrected chi connectivity index (χ3v) is 3.44. The van der Waals surface area contributed by atoms with Gasteiger partial charge < -0.3 is 10.6 Å². The van der Waals surface area contributed by atoms with Gasteiger partial charge in [-0.1, -0.05) is 24.3 Å². The van der Waals surface area contributed by atoms with Crippen LogP contribution in [0.1, 0.15) is 41.5 Å². The highest BCUT2D eigenvalue weighted by Crippen LogP contribution is 2.31. The second kappa shape index (κ2) is 7.95. The number of fused-ring (bicyclic) bond motifs is 1. The van der Waals surface area contributed by atoms with Gasteiger partial charge >= 0.3 is 0 Å². The molecule has 0 heterocycles. The van der Waals surface area contributed by atoms with Gasteiger partial charge in [-0.15, -0.1) is 0 Å². The van der Waals surface area contributed by atoms with Gasteiger partial charge in [-0.25, -0.2) is 0 Å². The Morgan fingerprint density at radius 2 is 1.17 bits per heavy atom. The zero-order chi connectivity index (χ0) is 17.7. The molecule has 0 radical (unpaired) electrons. The van der Waals surface area contributed by atoms with Gasteiger partial charge in [-0.2, -0.15) is 0 Å². The molecule has 0 atom stereocenters. The fourth-order valence-corrected chi connectivity index (χ4v) is 2.78. The van der Waals surface area contributed by atoms with Gasteiger partial charge in [0.1, 0.15) is 0 Å². The molecular weight excluding hydrogens is 296 g/mol. The second-order valence-corrected chi connectivity index (χ2v) is 6.58. The van der Waals surface area contributed by atoms with Crippen molar-refractivity contribution in [2.24, 2.45) is 9.98 Å². The molecule has 2 aromatic carbocycles. The van der Waals surface area contributed by atoms with Gasteiger partial charge in [0.05, 0.1) is 11.7 Å². The van der Waals surface area contributed by atoms with Crippen molar-refractivity contribution in [2.45, 2.75) is 53.6 Å². The molecule has 0 spiro atoms. The van der Waals surface area contributed by atoms with Crippen molar-refractivity contribution in [2.75, 3.05) is 10.6 Å². The molecule has 4 nitrogen and oxygen atoms in total. The highest BCUT2D eigenvalue weighted by atomic mass is 15.0. The molecular formula is C20H28N4. The number of nitrogens with zero attached hydrogens (tertiary/aromatic N) is 2. The van der Waals surface area contributed by atoms with Gasteiger partial charge in [-0.3, -0.25) is 9.98 Å². The third-order valence-electron chi connectivity index (χ3n) is 3.44. The van der Waals surface area contributed by atoms with E-state index in [4.69, 9.17) is 0 Å².